The highest BCUT2D eigenvalue weighted by molar-refractivity contribution is 6.05. The Morgan fingerprint density at radius 3 is 2.19 bits per heavy atom. The van der Waals surface area contributed by atoms with Crippen molar-refractivity contribution in [3.63, 3.8) is 0 Å². The minimum absolute atomic E-state index is 0.0317. The van der Waals surface area contributed by atoms with Gasteiger partial charge in [-0.3, -0.25) is 4.79 Å². The molecule has 0 bridgehead atoms. The van der Waals surface area contributed by atoms with E-state index in [2.05, 4.69) is 5.32 Å². The summed E-state index contributed by atoms with van der Waals surface area (Å²) in [6.07, 6.45) is -4.81. The van der Waals surface area contributed by atoms with Crippen LogP contribution in [0.15, 0.2) is 36.4 Å². The second kappa shape index (κ2) is 8.07. The van der Waals surface area contributed by atoms with Gasteiger partial charge in [-0.15, -0.1) is 0 Å². The van der Waals surface area contributed by atoms with Crippen molar-refractivity contribution in [1.82, 2.24) is 0 Å². The molecule has 0 radical (unpaired) electrons. The molecule has 0 spiro atoms. The fourth-order valence-electron chi connectivity index (χ4n) is 2.35. The van der Waals surface area contributed by atoms with Gasteiger partial charge < -0.3 is 15.2 Å². The lowest BCUT2D eigenvalue weighted by molar-refractivity contribution is -0.139. The van der Waals surface area contributed by atoms with Crippen molar-refractivity contribution >= 4 is 17.6 Å². The molecule has 2 N–H and O–H groups in total. The van der Waals surface area contributed by atoms with E-state index in [-0.39, 0.29) is 29.0 Å². The number of ether oxygens (including phenoxy) is 1. The van der Waals surface area contributed by atoms with Crippen LogP contribution in [0.2, 0.25) is 0 Å². The first-order valence-electron chi connectivity index (χ1n) is 7.75. The first-order chi connectivity index (χ1) is 12.7. The van der Waals surface area contributed by atoms with E-state index >= 15 is 0 Å². The molecule has 2 rings (SSSR count). The lowest BCUT2D eigenvalue weighted by atomic mass is 10.1. The Morgan fingerprint density at radius 1 is 1.11 bits per heavy atom. The van der Waals surface area contributed by atoms with Gasteiger partial charge in [0.2, 0.25) is 0 Å². The van der Waals surface area contributed by atoms with E-state index < -0.39 is 36.0 Å². The fraction of sp³-hybridized carbons (Fsp3) is 0.222. The van der Waals surface area contributed by atoms with E-state index in [4.69, 9.17) is 9.84 Å². The summed E-state index contributed by atoms with van der Waals surface area (Å²) in [6, 6.07) is 6.52. The van der Waals surface area contributed by atoms with Crippen LogP contribution in [0.5, 0.6) is 5.75 Å². The van der Waals surface area contributed by atoms with Gasteiger partial charge in [0.1, 0.15) is 12.4 Å². The Hall–Kier alpha value is -3.10. The quantitative estimate of drug-likeness (QED) is 0.717. The number of hydrogen-bond acceptors (Lipinski definition) is 3. The fourth-order valence-corrected chi connectivity index (χ4v) is 2.35. The maximum Gasteiger partial charge on any atom is 0.420 e. The molecule has 27 heavy (non-hydrogen) atoms. The average Bonchev–Trinajstić information content (AvgIpc) is 2.61. The lowest BCUT2D eigenvalue weighted by Crippen LogP contribution is -2.15. The molecule has 0 atom stereocenters. The van der Waals surface area contributed by atoms with Gasteiger partial charge in [0.05, 0.1) is 17.7 Å². The first-order valence-corrected chi connectivity index (χ1v) is 7.75. The van der Waals surface area contributed by atoms with Gasteiger partial charge in [0.15, 0.2) is 0 Å². The highest BCUT2D eigenvalue weighted by atomic mass is 19.4. The molecule has 2 aromatic rings. The van der Waals surface area contributed by atoms with Crippen molar-refractivity contribution < 1.29 is 37.0 Å². The molecule has 0 aliphatic heterocycles. The zero-order chi connectivity index (χ0) is 20.2. The number of rotatable bonds is 6. The smallest absolute Gasteiger partial charge is 0.420 e. The van der Waals surface area contributed by atoms with Crippen LogP contribution in [0.1, 0.15) is 38.8 Å². The lowest BCUT2D eigenvalue weighted by Gasteiger charge is -2.18. The molecular weight excluding hydrogens is 370 g/mol. The van der Waals surface area contributed by atoms with Gasteiger partial charge in [-0.05, 0) is 43.3 Å². The molecule has 0 heterocycles. The number of carboxylic acid groups (broad SMARTS) is 1. The molecule has 2 aromatic carbocycles. The normalized spacial score (nSPS) is 11.1. The highest BCUT2D eigenvalue weighted by Crippen LogP contribution is 2.40. The summed E-state index contributed by atoms with van der Waals surface area (Å²) in [7, 11) is 0. The van der Waals surface area contributed by atoms with E-state index in [1.807, 2.05) is 0 Å². The molecule has 0 fully saturated rings. The van der Waals surface area contributed by atoms with Crippen molar-refractivity contribution in [3.05, 3.63) is 58.7 Å². The van der Waals surface area contributed by atoms with Crippen molar-refractivity contribution in [1.29, 1.82) is 0 Å². The van der Waals surface area contributed by atoms with E-state index in [0.717, 1.165) is 6.07 Å². The summed E-state index contributed by atoms with van der Waals surface area (Å²) >= 11 is 0. The molecule has 0 unspecified atom stereocenters. The summed E-state index contributed by atoms with van der Waals surface area (Å²) < 4.78 is 58.0. The monoisotopic (exact) mass is 385 g/mol. The molecular formula is C18H15F4NO4. The van der Waals surface area contributed by atoms with Gasteiger partial charge in [-0.1, -0.05) is 0 Å². The number of carboxylic acids is 1. The largest absolute Gasteiger partial charge is 0.493 e. The molecule has 0 aromatic heterocycles. The highest BCUT2D eigenvalue weighted by Gasteiger charge is 2.36. The number of hydrogen-bond donors (Lipinski definition) is 2. The predicted octanol–water partition coefficient (Wildman–Crippen LogP) is 4.52. The van der Waals surface area contributed by atoms with Gasteiger partial charge in [-0.25, -0.2) is 9.18 Å². The first kappa shape index (κ1) is 20.2. The van der Waals surface area contributed by atoms with Crippen molar-refractivity contribution in [2.24, 2.45) is 0 Å². The Kier molecular flexibility index (Phi) is 6.04. The standard InChI is InChI=1S/C18H15F4NO4/c1-2-27-15-12(9-19)7-13(8-14(15)18(20,21)22)23-16(24)10-3-5-11(6-4-10)17(25)26/h3-8H,2,9H2,1H3,(H,23,24)(H,25,26). The van der Waals surface area contributed by atoms with Gasteiger partial charge in [-0.2, -0.15) is 13.2 Å². The number of aromatic carboxylic acids is 1. The second-order valence-electron chi connectivity index (χ2n) is 5.41. The number of benzene rings is 2. The van der Waals surface area contributed by atoms with Crippen LogP contribution in [-0.2, 0) is 12.9 Å². The summed E-state index contributed by atoms with van der Waals surface area (Å²) in [4.78, 5) is 23.0. The molecule has 1 amide bonds. The van der Waals surface area contributed by atoms with Gasteiger partial charge in [0, 0.05) is 16.8 Å². The summed E-state index contributed by atoms with van der Waals surface area (Å²) in [6.45, 7) is 0.172. The third kappa shape index (κ3) is 4.75. The van der Waals surface area contributed by atoms with Crippen LogP contribution < -0.4 is 10.1 Å². The van der Waals surface area contributed by atoms with Crippen molar-refractivity contribution in [2.75, 3.05) is 11.9 Å². The van der Waals surface area contributed by atoms with E-state index in [9.17, 15) is 27.2 Å². The zero-order valence-corrected chi connectivity index (χ0v) is 14.1. The molecule has 144 valence electrons. The zero-order valence-electron chi connectivity index (χ0n) is 14.1. The number of anilines is 1. The molecule has 0 saturated carbocycles. The van der Waals surface area contributed by atoms with E-state index in [1.165, 1.54) is 31.2 Å². The Morgan fingerprint density at radius 2 is 1.70 bits per heavy atom. The maximum absolute atomic E-state index is 13.3. The predicted molar refractivity (Wildman–Crippen MR) is 88.8 cm³/mol. The Balaban J connectivity index is 2.37. The van der Waals surface area contributed by atoms with Crippen molar-refractivity contribution in [2.45, 2.75) is 19.8 Å². The van der Waals surface area contributed by atoms with Crippen LogP contribution in [0.4, 0.5) is 23.2 Å². The van der Waals surface area contributed by atoms with Crippen molar-refractivity contribution in [3.8, 4) is 5.75 Å². The van der Waals surface area contributed by atoms with Gasteiger partial charge >= 0.3 is 12.1 Å². The van der Waals surface area contributed by atoms with Crippen LogP contribution in [0.3, 0.4) is 0 Å². The minimum Gasteiger partial charge on any atom is -0.493 e. The molecule has 5 nitrogen and oxygen atoms in total. The number of halogens is 4. The second-order valence-corrected chi connectivity index (χ2v) is 5.41. The summed E-state index contributed by atoms with van der Waals surface area (Å²) in [5.41, 5.74) is -1.82. The summed E-state index contributed by atoms with van der Waals surface area (Å²) in [5, 5.41) is 11.1. The third-order valence-electron chi connectivity index (χ3n) is 3.56. The van der Waals surface area contributed by atoms with Crippen LogP contribution in [0, 0.1) is 0 Å². The number of nitrogens with one attached hydrogen (secondary N) is 1. The van der Waals surface area contributed by atoms with E-state index in [0.29, 0.717) is 6.07 Å². The van der Waals surface area contributed by atoms with Crippen LogP contribution >= 0.6 is 0 Å². The third-order valence-corrected chi connectivity index (χ3v) is 3.56. The SMILES string of the molecule is CCOc1c(CF)cc(NC(=O)c2ccc(C(=O)O)cc2)cc1C(F)(F)F. The van der Waals surface area contributed by atoms with Crippen LogP contribution in [-0.4, -0.2) is 23.6 Å². The summed E-state index contributed by atoms with van der Waals surface area (Å²) in [5.74, 6) is -2.57. The number of alkyl halides is 4. The molecule has 0 aliphatic rings. The Labute approximate surface area is 151 Å². The molecule has 0 aliphatic carbocycles. The number of amides is 1. The molecule has 9 heteroatoms. The van der Waals surface area contributed by atoms with E-state index in [1.54, 1.807) is 0 Å². The molecule has 0 saturated heterocycles. The van der Waals surface area contributed by atoms with Crippen LogP contribution in [0.25, 0.3) is 0 Å². The topological polar surface area (TPSA) is 75.6 Å². The number of carbonyl (C=O) groups excluding carboxylic acids is 1. The Bertz CT molecular complexity index is 848. The van der Waals surface area contributed by atoms with Gasteiger partial charge in [0.25, 0.3) is 5.91 Å². The number of carbonyl (C=O) groups is 2. The minimum atomic E-state index is -4.81. The maximum atomic E-state index is 13.3. The average molecular weight is 385 g/mol.